The summed E-state index contributed by atoms with van der Waals surface area (Å²) in [4.78, 5) is 14.9. The molecule has 0 saturated carbocycles. The summed E-state index contributed by atoms with van der Waals surface area (Å²) in [5.41, 5.74) is 2.19. The molecule has 1 saturated heterocycles. The van der Waals surface area contributed by atoms with E-state index in [1.807, 2.05) is 36.4 Å². The molecule has 5 nitrogen and oxygen atoms in total. The lowest BCUT2D eigenvalue weighted by atomic mass is 10.0. The van der Waals surface area contributed by atoms with E-state index in [0.29, 0.717) is 13.0 Å². The van der Waals surface area contributed by atoms with Gasteiger partial charge >= 0.3 is 0 Å². The van der Waals surface area contributed by atoms with E-state index >= 15 is 0 Å². The summed E-state index contributed by atoms with van der Waals surface area (Å²) >= 11 is 0. The first-order chi connectivity index (χ1) is 13.2. The van der Waals surface area contributed by atoms with Crippen LogP contribution in [0, 0.1) is 0 Å². The third-order valence-electron chi connectivity index (χ3n) is 5.10. The van der Waals surface area contributed by atoms with Crippen molar-refractivity contribution in [3.63, 3.8) is 0 Å². The van der Waals surface area contributed by atoms with Crippen molar-refractivity contribution in [2.45, 2.75) is 25.3 Å². The molecule has 0 unspecified atom stereocenters. The Bertz CT molecular complexity index is 722. The Morgan fingerprint density at radius 3 is 2.07 bits per heavy atom. The van der Waals surface area contributed by atoms with Gasteiger partial charge in [0, 0.05) is 6.54 Å². The van der Waals surface area contributed by atoms with Gasteiger partial charge in [-0.2, -0.15) is 0 Å². The van der Waals surface area contributed by atoms with Gasteiger partial charge in [-0.15, -0.1) is 0 Å². The number of rotatable bonds is 8. The summed E-state index contributed by atoms with van der Waals surface area (Å²) in [7, 11) is 3.31. The van der Waals surface area contributed by atoms with Crippen LogP contribution in [0.2, 0.25) is 0 Å². The van der Waals surface area contributed by atoms with Crippen molar-refractivity contribution < 1.29 is 14.3 Å². The lowest BCUT2D eigenvalue weighted by molar-refractivity contribution is -0.120. The fraction of sp³-hybridized carbons (Fsp3) is 0.409. The van der Waals surface area contributed by atoms with E-state index in [1.165, 1.54) is 18.4 Å². The average molecular weight is 368 g/mol. The van der Waals surface area contributed by atoms with Gasteiger partial charge in [0.15, 0.2) is 0 Å². The maximum absolute atomic E-state index is 12.4. The summed E-state index contributed by atoms with van der Waals surface area (Å²) in [5.74, 6) is 1.69. The molecule has 1 N–H and O–H groups in total. The van der Waals surface area contributed by atoms with Crippen molar-refractivity contribution in [1.82, 2.24) is 10.2 Å². The zero-order valence-electron chi connectivity index (χ0n) is 16.1. The largest absolute Gasteiger partial charge is 0.497 e. The van der Waals surface area contributed by atoms with Gasteiger partial charge in [0.25, 0.3) is 0 Å². The standard InChI is InChI=1S/C22H28N2O3/c1-26-19-9-5-17(6-10-19)15-22(25)23-16-21(24-13-3-4-14-24)18-7-11-20(27-2)12-8-18/h5-12,21H,3-4,13-16H2,1-2H3,(H,23,25)/t21-/m0/s1. The number of amides is 1. The second kappa shape index (κ2) is 9.42. The normalized spacial score (nSPS) is 15.3. The number of nitrogens with one attached hydrogen (secondary N) is 1. The first-order valence-corrected chi connectivity index (χ1v) is 9.47. The van der Waals surface area contributed by atoms with Gasteiger partial charge in [0.1, 0.15) is 11.5 Å². The molecule has 1 aliphatic rings. The molecule has 27 heavy (non-hydrogen) atoms. The van der Waals surface area contributed by atoms with Crippen LogP contribution in [0.4, 0.5) is 0 Å². The molecule has 3 rings (SSSR count). The van der Waals surface area contributed by atoms with Crippen molar-refractivity contribution in [2.24, 2.45) is 0 Å². The number of methoxy groups -OCH3 is 2. The first kappa shape index (κ1) is 19.2. The maximum Gasteiger partial charge on any atom is 0.224 e. The highest BCUT2D eigenvalue weighted by molar-refractivity contribution is 5.78. The zero-order valence-corrected chi connectivity index (χ0v) is 16.1. The molecule has 1 heterocycles. The van der Waals surface area contributed by atoms with E-state index < -0.39 is 0 Å². The SMILES string of the molecule is COc1ccc(CC(=O)NC[C@@H](c2ccc(OC)cc2)N2CCCC2)cc1. The van der Waals surface area contributed by atoms with Crippen LogP contribution in [-0.2, 0) is 11.2 Å². The van der Waals surface area contributed by atoms with E-state index in [9.17, 15) is 4.79 Å². The van der Waals surface area contributed by atoms with Crippen LogP contribution in [0.25, 0.3) is 0 Å². The fourth-order valence-electron chi connectivity index (χ4n) is 3.54. The number of likely N-dealkylation sites (tertiary alicyclic amines) is 1. The fourth-order valence-corrected chi connectivity index (χ4v) is 3.54. The van der Waals surface area contributed by atoms with Gasteiger partial charge in [-0.25, -0.2) is 0 Å². The van der Waals surface area contributed by atoms with Crippen molar-refractivity contribution in [3.05, 3.63) is 59.7 Å². The van der Waals surface area contributed by atoms with Crippen LogP contribution in [0.1, 0.15) is 30.0 Å². The Kier molecular flexibility index (Phi) is 6.71. The lowest BCUT2D eigenvalue weighted by Crippen LogP contribution is -2.37. The van der Waals surface area contributed by atoms with E-state index in [2.05, 4.69) is 22.3 Å². The molecule has 0 spiro atoms. The number of benzene rings is 2. The Morgan fingerprint density at radius 1 is 0.963 bits per heavy atom. The van der Waals surface area contributed by atoms with Crippen molar-refractivity contribution >= 4 is 5.91 Å². The van der Waals surface area contributed by atoms with Crippen molar-refractivity contribution in [1.29, 1.82) is 0 Å². The van der Waals surface area contributed by atoms with Gasteiger partial charge in [0.2, 0.25) is 5.91 Å². The molecular weight excluding hydrogens is 340 g/mol. The lowest BCUT2D eigenvalue weighted by Gasteiger charge is -2.28. The summed E-state index contributed by atoms with van der Waals surface area (Å²) in [6.45, 7) is 2.76. The Labute approximate surface area is 161 Å². The second-order valence-electron chi connectivity index (χ2n) is 6.86. The second-order valence-corrected chi connectivity index (χ2v) is 6.86. The number of hydrogen-bond acceptors (Lipinski definition) is 4. The summed E-state index contributed by atoms with van der Waals surface area (Å²) < 4.78 is 10.4. The zero-order chi connectivity index (χ0) is 19.1. The molecule has 1 aliphatic heterocycles. The molecule has 2 aromatic rings. The van der Waals surface area contributed by atoms with Crippen LogP contribution in [0.15, 0.2) is 48.5 Å². The number of ether oxygens (including phenoxy) is 2. The Morgan fingerprint density at radius 2 is 1.52 bits per heavy atom. The molecule has 0 aromatic heterocycles. The van der Waals surface area contributed by atoms with Crippen LogP contribution in [0.3, 0.4) is 0 Å². The average Bonchev–Trinajstić information content (AvgIpc) is 3.24. The topological polar surface area (TPSA) is 50.8 Å². The molecule has 2 aromatic carbocycles. The molecule has 1 amide bonds. The molecule has 1 fully saturated rings. The molecule has 5 heteroatoms. The molecule has 0 radical (unpaired) electrons. The highest BCUT2D eigenvalue weighted by Gasteiger charge is 2.24. The Hall–Kier alpha value is -2.53. The van der Waals surface area contributed by atoms with Crippen LogP contribution < -0.4 is 14.8 Å². The predicted octanol–water partition coefficient (Wildman–Crippen LogP) is 3.20. The quantitative estimate of drug-likeness (QED) is 0.777. The number of nitrogens with zero attached hydrogens (tertiary/aromatic N) is 1. The first-order valence-electron chi connectivity index (χ1n) is 9.47. The maximum atomic E-state index is 12.4. The van der Waals surface area contributed by atoms with E-state index in [-0.39, 0.29) is 11.9 Å². The van der Waals surface area contributed by atoms with Crippen molar-refractivity contribution in [2.75, 3.05) is 33.9 Å². The van der Waals surface area contributed by atoms with E-state index in [1.54, 1.807) is 14.2 Å². The summed E-state index contributed by atoms with van der Waals surface area (Å²) in [6, 6.07) is 16.0. The van der Waals surface area contributed by atoms with Gasteiger partial charge < -0.3 is 14.8 Å². The predicted molar refractivity (Wildman–Crippen MR) is 106 cm³/mol. The van der Waals surface area contributed by atoms with Crippen LogP contribution >= 0.6 is 0 Å². The third kappa shape index (κ3) is 5.23. The van der Waals surface area contributed by atoms with Gasteiger partial charge in [-0.3, -0.25) is 9.69 Å². The minimum absolute atomic E-state index is 0.0397. The van der Waals surface area contributed by atoms with Gasteiger partial charge in [0.05, 0.1) is 26.7 Å². The van der Waals surface area contributed by atoms with Gasteiger partial charge in [-0.05, 0) is 61.3 Å². The minimum Gasteiger partial charge on any atom is -0.497 e. The van der Waals surface area contributed by atoms with Crippen LogP contribution in [-0.4, -0.2) is 44.7 Å². The van der Waals surface area contributed by atoms with Crippen molar-refractivity contribution in [3.8, 4) is 11.5 Å². The third-order valence-corrected chi connectivity index (χ3v) is 5.10. The molecule has 0 aliphatic carbocycles. The van der Waals surface area contributed by atoms with Gasteiger partial charge in [-0.1, -0.05) is 24.3 Å². The van der Waals surface area contributed by atoms with E-state index in [4.69, 9.17) is 9.47 Å². The summed E-state index contributed by atoms with van der Waals surface area (Å²) in [6.07, 6.45) is 2.80. The van der Waals surface area contributed by atoms with Crippen LogP contribution in [0.5, 0.6) is 11.5 Å². The molecule has 144 valence electrons. The highest BCUT2D eigenvalue weighted by Crippen LogP contribution is 2.26. The number of hydrogen-bond donors (Lipinski definition) is 1. The molecular formula is C22H28N2O3. The Balaban J connectivity index is 1.61. The van der Waals surface area contributed by atoms with E-state index in [0.717, 1.165) is 30.2 Å². The highest BCUT2D eigenvalue weighted by atomic mass is 16.5. The smallest absolute Gasteiger partial charge is 0.224 e. The minimum atomic E-state index is 0.0397. The molecule has 0 bridgehead atoms. The number of carbonyl (C=O) groups excluding carboxylic acids is 1. The monoisotopic (exact) mass is 368 g/mol. The molecule has 1 atom stereocenters. The summed E-state index contributed by atoms with van der Waals surface area (Å²) in [5, 5.41) is 3.12. The number of carbonyl (C=O) groups is 1.